The van der Waals surface area contributed by atoms with Gasteiger partial charge in [0, 0.05) is 11.6 Å². The van der Waals surface area contributed by atoms with Gasteiger partial charge in [0.15, 0.2) is 5.82 Å². The molecule has 1 amide bonds. The van der Waals surface area contributed by atoms with E-state index in [1.165, 1.54) is 35.7 Å². The summed E-state index contributed by atoms with van der Waals surface area (Å²) >= 11 is 7.39. The van der Waals surface area contributed by atoms with Crippen molar-refractivity contribution in [1.29, 1.82) is 0 Å². The molecule has 0 aliphatic heterocycles. The van der Waals surface area contributed by atoms with Crippen molar-refractivity contribution in [2.24, 2.45) is 0 Å². The smallest absolute Gasteiger partial charge is 0.237 e. The lowest BCUT2D eigenvalue weighted by Crippen LogP contribution is -2.24. The van der Waals surface area contributed by atoms with Crippen LogP contribution in [0.2, 0.25) is 5.02 Å². The molecular formula is C18H24ClN5O2S. The number of thioether (sulfide) groups is 1. The van der Waals surface area contributed by atoms with Gasteiger partial charge in [0.25, 0.3) is 0 Å². The number of nitrogen functional groups attached to an aromatic ring is 1. The van der Waals surface area contributed by atoms with Crippen LogP contribution in [0.3, 0.4) is 0 Å². The summed E-state index contributed by atoms with van der Waals surface area (Å²) in [5, 5.41) is 11.9. The Kier molecular flexibility index (Phi) is 6.49. The average molecular weight is 410 g/mol. The zero-order valence-electron chi connectivity index (χ0n) is 15.4. The van der Waals surface area contributed by atoms with E-state index in [4.69, 9.17) is 22.2 Å². The fraction of sp³-hybridized carbons (Fsp3) is 0.500. The topological polar surface area (TPSA) is 95.1 Å². The number of hydrogen-bond donors (Lipinski definition) is 2. The van der Waals surface area contributed by atoms with Gasteiger partial charge in [-0.2, -0.15) is 0 Å². The molecule has 2 aromatic rings. The number of halogens is 1. The largest absolute Gasteiger partial charge is 0.495 e. The molecule has 0 spiro atoms. The molecule has 0 unspecified atom stereocenters. The van der Waals surface area contributed by atoms with Gasteiger partial charge in [0.05, 0.1) is 17.4 Å². The van der Waals surface area contributed by atoms with Crippen LogP contribution in [0.1, 0.15) is 50.8 Å². The van der Waals surface area contributed by atoms with E-state index in [2.05, 4.69) is 15.5 Å². The Morgan fingerprint density at radius 3 is 2.78 bits per heavy atom. The van der Waals surface area contributed by atoms with Gasteiger partial charge in [-0.1, -0.05) is 42.6 Å². The second-order valence-electron chi connectivity index (χ2n) is 6.64. The average Bonchev–Trinajstić information content (AvgIpc) is 3.03. The number of carbonyl (C=O) groups excluding carboxylic acids is 1. The van der Waals surface area contributed by atoms with E-state index in [0.717, 1.165) is 18.7 Å². The summed E-state index contributed by atoms with van der Waals surface area (Å²) in [5.74, 6) is 7.76. The third-order valence-electron chi connectivity index (χ3n) is 4.73. The lowest BCUT2D eigenvalue weighted by molar-refractivity contribution is -0.115. The van der Waals surface area contributed by atoms with Crippen molar-refractivity contribution in [3.63, 3.8) is 0 Å². The number of ether oxygens (including phenoxy) is 1. The summed E-state index contributed by atoms with van der Waals surface area (Å²) in [5.41, 5.74) is 0.607. The highest BCUT2D eigenvalue weighted by atomic mass is 35.5. The Morgan fingerprint density at radius 1 is 1.37 bits per heavy atom. The molecule has 1 aliphatic carbocycles. The number of methoxy groups -OCH3 is 1. The van der Waals surface area contributed by atoms with Gasteiger partial charge < -0.3 is 15.9 Å². The minimum atomic E-state index is -0.392. The number of benzene rings is 1. The highest BCUT2D eigenvalue weighted by molar-refractivity contribution is 8.00. The van der Waals surface area contributed by atoms with E-state index in [-0.39, 0.29) is 5.91 Å². The number of aromatic nitrogens is 3. The molecular weight excluding hydrogens is 386 g/mol. The summed E-state index contributed by atoms with van der Waals surface area (Å²) in [6.07, 6.45) is 5.85. The molecule has 1 saturated carbocycles. The van der Waals surface area contributed by atoms with Crippen molar-refractivity contribution < 1.29 is 9.53 Å². The Bertz CT molecular complexity index is 807. The van der Waals surface area contributed by atoms with E-state index >= 15 is 0 Å². The number of carbonyl (C=O) groups is 1. The summed E-state index contributed by atoms with van der Waals surface area (Å²) < 4.78 is 6.65. The maximum absolute atomic E-state index is 12.5. The first-order valence-electron chi connectivity index (χ1n) is 9.01. The molecule has 3 rings (SSSR count). The van der Waals surface area contributed by atoms with E-state index in [9.17, 15) is 4.79 Å². The predicted octanol–water partition coefficient (Wildman–Crippen LogP) is 3.82. The van der Waals surface area contributed by atoms with E-state index in [0.29, 0.717) is 27.5 Å². The monoisotopic (exact) mass is 409 g/mol. The highest BCUT2D eigenvalue weighted by Crippen LogP contribution is 2.33. The summed E-state index contributed by atoms with van der Waals surface area (Å²) in [6.45, 7) is 1.81. The Labute approximate surface area is 168 Å². The fourth-order valence-electron chi connectivity index (χ4n) is 3.21. The van der Waals surface area contributed by atoms with Crippen molar-refractivity contribution in [2.75, 3.05) is 18.3 Å². The van der Waals surface area contributed by atoms with Crippen LogP contribution >= 0.6 is 23.4 Å². The molecule has 146 valence electrons. The van der Waals surface area contributed by atoms with Gasteiger partial charge in [0.1, 0.15) is 5.75 Å². The van der Waals surface area contributed by atoms with Gasteiger partial charge in [-0.05, 0) is 38.0 Å². The molecule has 9 heteroatoms. The maximum atomic E-state index is 12.5. The normalized spacial score (nSPS) is 16.1. The minimum absolute atomic E-state index is 0.163. The second kappa shape index (κ2) is 8.84. The molecule has 1 aromatic carbocycles. The number of nitrogens with zero attached hydrogens (tertiary/aromatic N) is 3. The third kappa shape index (κ3) is 4.68. The standard InChI is InChI=1S/C18H24ClN5O2S/c1-11(17(25)21-13-8-9-15(26-2)14(19)10-13)27-18-23-22-16(24(18)20)12-6-4-3-5-7-12/h8-12H,3-7,20H2,1-2H3,(H,21,25)/t11-/m0/s1. The number of nitrogens with two attached hydrogens (primary N) is 1. The summed E-state index contributed by atoms with van der Waals surface area (Å²) in [7, 11) is 1.54. The number of nitrogens with one attached hydrogen (secondary N) is 1. The van der Waals surface area contributed by atoms with Crippen LogP contribution in [0.25, 0.3) is 0 Å². The SMILES string of the molecule is COc1ccc(NC(=O)[C@H](C)Sc2nnc(C3CCCCC3)n2N)cc1Cl. The van der Waals surface area contributed by atoms with Crippen LogP contribution < -0.4 is 15.9 Å². The number of anilines is 1. The van der Waals surface area contributed by atoms with E-state index in [1.807, 2.05) is 0 Å². The first kappa shape index (κ1) is 19.8. The van der Waals surface area contributed by atoms with Gasteiger partial charge in [-0.3, -0.25) is 4.79 Å². The van der Waals surface area contributed by atoms with E-state index < -0.39 is 5.25 Å². The molecule has 3 N–H and O–H groups in total. The van der Waals surface area contributed by atoms with Crippen LogP contribution in [0.4, 0.5) is 5.69 Å². The molecule has 0 saturated heterocycles. The number of rotatable bonds is 6. The van der Waals surface area contributed by atoms with Crippen molar-refractivity contribution >= 4 is 35.0 Å². The molecule has 1 aromatic heterocycles. The predicted molar refractivity (Wildman–Crippen MR) is 108 cm³/mol. The van der Waals surface area contributed by atoms with Gasteiger partial charge in [-0.25, -0.2) is 4.68 Å². The van der Waals surface area contributed by atoms with Crippen LogP contribution in [0.15, 0.2) is 23.4 Å². The number of hydrogen-bond acceptors (Lipinski definition) is 6. The summed E-state index contributed by atoms with van der Waals surface area (Å²) in [6, 6.07) is 5.11. The van der Waals surface area contributed by atoms with Crippen LogP contribution in [0, 0.1) is 0 Å². The Hall–Kier alpha value is -1.93. The third-order valence-corrected chi connectivity index (χ3v) is 6.08. The second-order valence-corrected chi connectivity index (χ2v) is 8.36. The molecule has 0 radical (unpaired) electrons. The highest BCUT2D eigenvalue weighted by Gasteiger charge is 2.24. The van der Waals surface area contributed by atoms with Crippen LogP contribution in [0.5, 0.6) is 5.75 Å². The van der Waals surface area contributed by atoms with Gasteiger partial charge in [0.2, 0.25) is 11.1 Å². The van der Waals surface area contributed by atoms with Crippen LogP contribution in [-0.2, 0) is 4.79 Å². The number of amides is 1. The minimum Gasteiger partial charge on any atom is -0.495 e. The molecule has 27 heavy (non-hydrogen) atoms. The summed E-state index contributed by atoms with van der Waals surface area (Å²) in [4.78, 5) is 12.5. The molecule has 0 bridgehead atoms. The molecule has 1 fully saturated rings. The van der Waals surface area contributed by atoms with Crippen LogP contribution in [-0.4, -0.2) is 33.1 Å². The lowest BCUT2D eigenvalue weighted by Gasteiger charge is -2.20. The first-order chi connectivity index (χ1) is 13.0. The van der Waals surface area contributed by atoms with Gasteiger partial charge in [-0.15, -0.1) is 10.2 Å². The van der Waals surface area contributed by atoms with Crippen molar-refractivity contribution in [3.05, 3.63) is 29.0 Å². The fourth-order valence-corrected chi connectivity index (χ4v) is 4.24. The van der Waals surface area contributed by atoms with Gasteiger partial charge >= 0.3 is 0 Å². The zero-order valence-corrected chi connectivity index (χ0v) is 17.0. The molecule has 1 heterocycles. The molecule has 7 nitrogen and oxygen atoms in total. The first-order valence-corrected chi connectivity index (χ1v) is 10.3. The lowest BCUT2D eigenvalue weighted by atomic mass is 9.89. The Morgan fingerprint density at radius 2 is 2.11 bits per heavy atom. The van der Waals surface area contributed by atoms with Crippen molar-refractivity contribution in [2.45, 2.75) is 55.4 Å². The maximum Gasteiger partial charge on any atom is 0.237 e. The molecule has 1 aliphatic rings. The zero-order chi connectivity index (χ0) is 19.4. The van der Waals surface area contributed by atoms with Crippen molar-refractivity contribution in [3.8, 4) is 5.75 Å². The van der Waals surface area contributed by atoms with Crippen molar-refractivity contribution in [1.82, 2.24) is 14.9 Å². The molecule has 1 atom stereocenters. The quantitative estimate of drug-likeness (QED) is 0.556. The van der Waals surface area contributed by atoms with E-state index in [1.54, 1.807) is 32.2 Å². The Balaban J connectivity index is 1.63.